The Morgan fingerprint density at radius 1 is 1.10 bits per heavy atom. The van der Waals surface area contributed by atoms with E-state index in [0.717, 1.165) is 6.07 Å². The van der Waals surface area contributed by atoms with E-state index in [1.807, 2.05) is 7.05 Å². The molecule has 0 aromatic heterocycles. The molecule has 1 aliphatic heterocycles. The van der Waals surface area contributed by atoms with Gasteiger partial charge in [-0.25, -0.2) is 12.8 Å². The lowest BCUT2D eigenvalue weighted by Gasteiger charge is -2.32. The van der Waals surface area contributed by atoms with Crippen molar-refractivity contribution >= 4 is 21.6 Å². The summed E-state index contributed by atoms with van der Waals surface area (Å²) in [4.78, 5) is 14.7. The largest absolute Gasteiger partial charge is 0.494 e. The first-order valence-corrected chi connectivity index (χ1v) is 10.6. The van der Waals surface area contributed by atoms with Gasteiger partial charge in [0.15, 0.2) is 11.6 Å². The van der Waals surface area contributed by atoms with E-state index in [0.29, 0.717) is 37.4 Å². The molecule has 0 spiro atoms. The molecular formula is C20H24FN3O4S. The van der Waals surface area contributed by atoms with Crippen molar-refractivity contribution in [1.29, 1.82) is 0 Å². The summed E-state index contributed by atoms with van der Waals surface area (Å²) in [5.41, 5.74) is 1.02. The summed E-state index contributed by atoms with van der Waals surface area (Å²) in [6.45, 7) is 3.88. The minimum atomic E-state index is -3.68. The molecule has 0 saturated carbocycles. The molecule has 1 amide bonds. The number of ether oxygens (including phenoxy) is 1. The quantitative estimate of drug-likeness (QED) is 0.802. The van der Waals surface area contributed by atoms with Crippen LogP contribution in [-0.4, -0.2) is 63.9 Å². The van der Waals surface area contributed by atoms with Gasteiger partial charge >= 0.3 is 0 Å². The molecule has 1 fully saturated rings. The molecule has 2 aromatic rings. The van der Waals surface area contributed by atoms with Crippen molar-refractivity contribution < 1.29 is 22.3 Å². The summed E-state index contributed by atoms with van der Waals surface area (Å²) in [5, 5.41) is 2.63. The van der Waals surface area contributed by atoms with Crippen molar-refractivity contribution in [3.63, 3.8) is 0 Å². The van der Waals surface area contributed by atoms with Gasteiger partial charge in [0.1, 0.15) is 0 Å². The van der Waals surface area contributed by atoms with Gasteiger partial charge in [-0.05, 0) is 49.9 Å². The molecule has 156 valence electrons. The van der Waals surface area contributed by atoms with Gasteiger partial charge in [-0.15, -0.1) is 0 Å². The lowest BCUT2D eigenvalue weighted by Crippen LogP contribution is -2.47. The number of carbonyl (C=O) groups is 1. The highest BCUT2D eigenvalue weighted by Gasteiger charge is 2.29. The fourth-order valence-electron chi connectivity index (χ4n) is 3.13. The molecule has 1 N–H and O–H groups in total. The summed E-state index contributed by atoms with van der Waals surface area (Å²) in [6, 6.07) is 8.59. The molecule has 7 nitrogen and oxygen atoms in total. The van der Waals surface area contributed by atoms with Crippen LogP contribution in [0.3, 0.4) is 0 Å². The molecule has 3 rings (SSSR count). The molecule has 0 atom stereocenters. The van der Waals surface area contributed by atoms with Crippen LogP contribution in [0.2, 0.25) is 0 Å². The zero-order valence-corrected chi connectivity index (χ0v) is 17.4. The molecule has 1 aliphatic rings. The standard InChI is InChI=1S/C20H24FN3O4S/c1-14-4-6-16(22-20(25)15-5-7-18(28-3)17(21)12-15)13-19(14)29(26,27)24-10-8-23(2)9-11-24/h4-7,12-13H,8-11H2,1-3H3,(H,22,25). The zero-order chi connectivity index (χ0) is 21.2. The molecule has 0 radical (unpaired) electrons. The fraction of sp³-hybridized carbons (Fsp3) is 0.350. The number of benzene rings is 2. The highest BCUT2D eigenvalue weighted by atomic mass is 32.2. The molecule has 1 saturated heterocycles. The average molecular weight is 421 g/mol. The predicted octanol–water partition coefficient (Wildman–Crippen LogP) is 2.33. The number of likely N-dealkylation sites (N-methyl/N-ethyl adjacent to an activating group) is 1. The topological polar surface area (TPSA) is 78.9 Å². The van der Waals surface area contributed by atoms with E-state index in [4.69, 9.17) is 4.74 Å². The number of halogens is 1. The normalized spacial score (nSPS) is 15.9. The Morgan fingerprint density at radius 2 is 1.79 bits per heavy atom. The number of sulfonamides is 1. The van der Waals surface area contributed by atoms with Crippen molar-refractivity contribution in [3.8, 4) is 5.75 Å². The monoisotopic (exact) mass is 421 g/mol. The third-order valence-electron chi connectivity index (χ3n) is 4.94. The highest BCUT2D eigenvalue weighted by Crippen LogP contribution is 2.25. The van der Waals surface area contributed by atoms with Gasteiger partial charge in [0, 0.05) is 37.4 Å². The Balaban J connectivity index is 1.83. The smallest absolute Gasteiger partial charge is 0.255 e. The Bertz CT molecular complexity index is 1020. The zero-order valence-electron chi connectivity index (χ0n) is 16.6. The number of rotatable bonds is 5. The SMILES string of the molecule is COc1ccc(C(=O)Nc2ccc(C)c(S(=O)(=O)N3CCN(C)CC3)c2)cc1F. The maximum Gasteiger partial charge on any atom is 0.255 e. The summed E-state index contributed by atoms with van der Waals surface area (Å²) in [5.74, 6) is -1.15. The minimum Gasteiger partial charge on any atom is -0.494 e. The first kappa shape index (κ1) is 21.2. The molecule has 1 heterocycles. The second-order valence-electron chi connectivity index (χ2n) is 6.99. The second kappa shape index (κ2) is 8.48. The van der Waals surface area contributed by atoms with Crippen LogP contribution in [0.1, 0.15) is 15.9 Å². The van der Waals surface area contributed by atoms with Crippen LogP contribution in [0.5, 0.6) is 5.75 Å². The Kier molecular flexibility index (Phi) is 6.21. The number of piperazine rings is 1. The second-order valence-corrected chi connectivity index (χ2v) is 8.90. The van der Waals surface area contributed by atoms with Crippen LogP contribution >= 0.6 is 0 Å². The number of aryl methyl sites for hydroxylation is 1. The Hall–Kier alpha value is -2.49. The van der Waals surface area contributed by atoms with Gasteiger partial charge in [-0.2, -0.15) is 4.31 Å². The van der Waals surface area contributed by atoms with Crippen LogP contribution < -0.4 is 10.1 Å². The van der Waals surface area contributed by atoms with Gasteiger partial charge in [0.25, 0.3) is 5.91 Å². The van der Waals surface area contributed by atoms with Gasteiger partial charge in [0.05, 0.1) is 12.0 Å². The number of carbonyl (C=O) groups excluding carboxylic acids is 1. The number of amides is 1. The molecule has 2 aromatic carbocycles. The third kappa shape index (κ3) is 4.58. The summed E-state index contributed by atoms with van der Waals surface area (Å²) in [7, 11) is -0.384. The summed E-state index contributed by atoms with van der Waals surface area (Å²) < 4.78 is 46.3. The Morgan fingerprint density at radius 3 is 2.41 bits per heavy atom. The average Bonchev–Trinajstić information content (AvgIpc) is 2.69. The fourth-order valence-corrected chi connectivity index (χ4v) is 4.81. The maximum atomic E-state index is 13.9. The van der Waals surface area contributed by atoms with Gasteiger partial charge < -0.3 is 15.0 Å². The summed E-state index contributed by atoms with van der Waals surface area (Å²) in [6.07, 6.45) is 0. The van der Waals surface area contributed by atoms with E-state index in [1.54, 1.807) is 19.1 Å². The molecular weight excluding hydrogens is 397 g/mol. The van der Waals surface area contributed by atoms with Crippen molar-refractivity contribution in [2.45, 2.75) is 11.8 Å². The molecule has 0 bridgehead atoms. The van der Waals surface area contributed by atoms with E-state index in [1.165, 1.54) is 29.6 Å². The molecule has 0 unspecified atom stereocenters. The van der Waals surface area contributed by atoms with Crippen molar-refractivity contribution in [2.75, 3.05) is 45.7 Å². The number of methoxy groups -OCH3 is 1. The third-order valence-corrected chi connectivity index (χ3v) is 6.98. The number of nitrogens with one attached hydrogen (secondary N) is 1. The summed E-state index contributed by atoms with van der Waals surface area (Å²) >= 11 is 0. The molecule has 29 heavy (non-hydrogen) atoms. The number of hydrogen-bond acceptors (Lipinski definition) is 5. The first-order chi connectivity index (χ1) is 13.7. The number of anilines is 1. The minimum absolute atomic E-state index is 0.0393. The van der Waals surface area contributed by atoms with Gasteiger partial charge in [-0.1, -0.05) is 6.07 Å². The highest BCUT2D eigenvalue weighted by molar-refractivity contribution is 7.89. The first-order valence-electron chi connectivity index (χ1n) is 9.16. The van der Waals surface area contributed by atoms with Gasteiger partial charge in [0.2, 0.25) is 10.0 Å². The lowest BCUT2D eigenvalue weighted by molar-refractivity contribution is 0.102. The van der Waals surface area contributed by atoms with Crippen LogP contribution in [0, 0.1) is 12.7 Å². The molecule has 9 heteroatoms. The van der Waals surface area contributed by atoms with Crippen molar-refractivity contribution in [3.05, 3.63) is 53.3 Å². The number of hydrogen-bond donors (Lipinski definition) is 1. The van der Waals surface area contributed by atoms with Crippen LogP contribution in [0.4, 0.5) is 10.1 Å². The van der Waals surface area contributed by atoms with E-state index in [-0.39, 0.29) is 16.2 Å². The maximum absolute atomic E-state index is 13.9. The lowest BCUT2D eigenvalue weighted by atomic mass is 10.1. The molecule has 0 aliphatic carbocycles. The van der Waals surface area contributed by atoms with E-state index < -0.39 is 21.7 Å². The Labute approximate surface area is 170 Å². The van der Waals surface area contributed by atoms with E-state index in [9.17, 15) is 17.6 Å². The van der Waals surface area contributed by atoms with Crippen LogP contribution in [-0.2, 0) is 10.0 Å². The van der Waals surface area contributed by atoms with Gasteiger partial charge in [-0.3, -0.25) is 4.79 Å². The van der Waals surface area contributed by atoms with Crippen LogP contribution in [0.25, 0.3) is 0 Å². The van der Waals surface area contributed by atoms with Crippen molar-refractivity contribution in [2.24, 2.45) is 0 Å². The van der Waals surface area contributed by atoms with E-state index >= 15 is 0 Å². The number of nitrogens with zero attached hydrogens (tertiary/aromatic N) is 2. The van der Waals surface area contributed by atoms with E-state index in [2.05, 4.69) is 10.2 Å². The predicted molar refractivity (Wildman–Crippen MR) is 108 cm³/mol. The van der Waals surface area contributed by atoms with Crippen LogP contribution in [0.15, 0.2) is 41.3 Å². The van der Waals surface area contributed by atoms with Crippen molar-refractivity contribution in [1.82, 2.24) is 9.21 Å².